The molecule has 0 spiro atoms. The molecule has 0 aromatic carbocycles. The van der Waals surface area contributed by atoms with Crippen LogP contribution in [-0.2, 0) is 0 Å². The fraction of sp³-hybridized carbons (Fsp3) is 0.400. The maximum atomic E-state index is 4.75. The largest absolute Gasteiger partial charge is 0.261 e. The van der Waals surface area contributed by atoms with Crippen LogP contribution in [0.2, 0.25) is 44.8 Å². The van der Waals surface area contributed by atoms with Crippen molar-refractivity contribution in [2.75, 3.05) is 0 Å². The van der Waals surface area contributed by atoms with Gasteiger partial charge < -0.3 is 0 Å². The number of hydrogen-bond donors (Lipinski definition) is 0. The van der Waals surface area contributed by atoms with Crippen molar-refractivity contribution in [2.45, 2.75) is 50.7 Å². The van der Waals surface area contributed by atoms with Gasteiger partial charge in [0.15, 0.2) is 0 Å². The second kappa shape index (κ2) is 6.08. The first-order valence-corrected chi connectivity index (χ1v) is 15.9. The highest BCUT2D eigenvalue weighted by Gasteiger charge is 2.52. The van der Waals surface area contributed by atoms with Crippen molar-refractivity contribution < 1.29 is 0 Å². The second-order valence-electron chi connectivity index (χ2n) is 8.87. The van der Waals surface area contributed by atoms with Crippen LogP contribution in [0.5, 0.6) is 0 Å². The van der Waals surface area contributed by atoms with Crippen LogP contribution >= 0.6 is 0 Å². The molecule has 3 rings (SSSR count). The molecule has 1 aliphatic carbocycles. The Hall–Kier alpha value is -1.53. The summed E-state index contributed by atoms with van der Waals surface area (Å²) < 4.78 is 0. The standard InChI is InChI=1S/C20H28N2Si2/c1-23(2,3)19-17(15-11-7-9-13-21-15)20(24(4,5)6)18(19)16-12-8-10-14-22-16/h7-14,17,19H,1-6H3/t17-,19-/m1/s1. The minimum absolute atomic E-state index is 0.488. The Morgan fingerprint density at radius 2 is 1.42 bits per heavy atom. The van der Waals surface area contributed by atoms with Crippen molar-refractivity contribution in [1.29, 1.82) is 0 Å². The number of allylic oxidation sites excluding steroid dienone is 2. The first-order valence-electron chi connectivity index (χ1n) is 8.78. The molecule has 1 aliphatic rings. The molecule has 0 radical (unpaired) electrons. The summed E-state index contributed by atoms with van der Waals surface area (Å²) in [5.41, 5.74) is 4.59. The molecule has 0 aliphatic heterocycles. The zero-order valence-electron chi connectivity index (χ0n) is 15.7. The number of pyridine rings is 2. The smallest absolute Gasteiger partial charge is 0.0738 e. The van der Waals surface area contributed by atoms with E-state index in [1.165, 1.54) is 11.4 Å². The third kappa shape index (κ3) is 3.05. The predicted molar refractivity (Wildman–Crippen MR) is 109 cm³/mol. The monoisotopic (exact) mass is 352 g/mol. The summed E-state index contributed by atoms with van der Waals surface area (Å²) in [6.45, 7) is 14.8. The SMILES string of the molecule is C[Si](C)(C)C1=C(c2ccccn2)[C@H]([Si](C)(C)C)[C@H]1c1ccccn1. The zero-order valence-corrected chi connectivity index (χ0v) is 17.7. The molecule has 2 nitrogen and oxygen atoms in total. The summed E-state index contributed by atoms with van der Waals surface area (Å²) in [6.07, 6.45) is 3.87. The van der Waals surface area contributed by atoms with Gasteiger partial charge in [0.2, 0.25) is 0 Å². The molecule has 4 heteroatoms. The van der Waals surface area contributed by atoms with Gasteiger partial charge in [0.25, 0.3) is 0 Å². The number of nitrogens with zero attached hydrogens (tertiary/aromatic N) is 2. The fourth-order valence-corrected chi connectivity index (χ4v) is 9.23. The van der Waals surface area contributed by atoms with Gasteiger partial charge in [-0.3, -0.25) is 9.97 Å². The van der Waals surface area contributed by atoms with Gasteiger partial charge in [0.1, 0.15) is 0 Å². The summed E-state index contributed by atoms with van der Waals surface area (Å²) in [6, 6.07) is 12.7. The van der Waals surface area contributed by atoms with Gasteiger partial charge in [-0.2, -0.15) is 0 Å². The molecule has 2 atom stereocenters. The average Bonchev–Trinajstić information content (AvgIpc) is 2.45. The van der Waals surface area contributed by atoms with Crippen molar-refractivity contribution in [1.82, 2.24) is 9.97 Å². The van der Waals surface area contributed by atoms with Crippen LogP contribution in [0.15, 0.2) is 54.0 Å². The highest BCUT2D eigenvalue weighted by Crippen LogP contribution is 2.61. The summed E-state index contributed by atoms with van der Waals surface area (Å²) in [4.78, 5) is 9.47. The Morgan fingerprint density at radius 1 is 0.792 bits per heavy atom. The molecule has 0 unspecified atom stereocenters. The predicted octanol–water partition coefficient (Wildman–Crippen LogP) is 5.61. The van der Waals surface area contributed by atoms with E-state index in [0.29, 0.717) is 11.5 Å². The van der Waals surface area contributed by atoms with Crippen LogP contribution in [0.1, 0.15) is 17.3 Å². The van der Waals surface area contributed by atoms with Crippen molar-refractivity contribution in [3.63, 3.8) is 0 Å². The Labute approximate surface area is 148 Å². The molecule has 24 heavy (non-hydrogen) atoms. The lowest BCUT2D eigenvalue weighted by Gasteiger charge is -2.51. The van der Waals surface area contributed by atoms with Gasteiger partial charge in [-0.15, -0.1) is 0 Å². The van der Waals surface area contributed by atoms with E-state index in [9.17, 15) is 0 Å². The van der Waals surface area contributed by atoms with Gasteiger partial charge >= 0.3 is 0 Å². The Bertz CT molecular complexity index is 741. The quantitative estimate of drug-likeness (QED) is 0.668. The molecular weight excluding hydrogens is 324 g/mol. The normalized spacial score (nSPS) is 21.6. The third-order valence-corrected chi connectivity index (χ3v) is 9.62. The molecular formula is C20H28N2Si2. The Kier molecular flexibility index (Phi) is 4.38. The lowest BCUT2D eigenvalue weighted by atomic mass is 9.80. The van der Waals surface area contributed by atoms with Crippen LogP contribution < -0.4 is 0 Å². The zero-order chi connectivity index (χ0) is 17.5. The Balaban J connectivity index is 2.23. The minimum atomic E-state index is -1.46. The molecule has 0 saturated carbocycles. The van der Waals surface area contributed by atoms with E-state index in [1.54, 1.807) is 10.8 Å². The lowest BCUT2D eigenvalue weighted by molar-refractivity contribution is 0.728. The van der Waals surface area contributed by atoms with Crippen molar-refractivity contribution >= 4 is 21.7 Å². The fourth-order valence-electron chi connectivity index (χ4n) is 4.07. The summed E-state index contributed by atoms with van der Waals surface area (Å²) >= 11 is 0. The molecule has 2 aromatic rings. The van der Waals surface area contributed by atoms with Crippen LogP contribution in [-0.4, -0.2) is 26.1 Å². The van der Waals surface area contributed by atoms with E-state index in [4.69, 9.17) is 9.97 Å². The van der Waals surface area contributed by atoms with Crippen LogP contribution in [0.3, 0.4) is 0 Å². The van der Waals surface area contributed by atoms with E-state index >= 15 is 0 Å². The Morgan fingerprint density at radius 3 is 1.88 bits per heavy atom. The van der Waals surface area contributed by atoms with Crippen molar-refractivity contribution in [2.24, 2.45) is 0 Å². The molecule has 0 saturated heterocycles. The molecule has 0 bridgehead atoms. The van der Waals surface area contributed by atoms with Gasteiger partial charge in [0.05, 0.1) is 21.8 Å². The number of hydrogen-bond acceptors (Lipinski definition) is 2. The van der Waals surface area contributed by atoms with E-state index in [1.807, 2.05) is 24.5 Å². The van der Waals surface area contributed by atoms with E-state index in [2.05, 4.69) is 63.5 Å². The van der Waals surface area contributed by atoms with Gasteiger partial charge in [-0.05, 0) is 35.4 Å². The van der Waals surface area contributed by atoms with Gasteiger partial charge in [-0.25, -0.2) is 0 Å². The van der Waals surface area contributed by atoms with Crippen LogP contribution in [0.4, 0.5) is 0 Å². The summed E-state index contributed by atoms with van der Waals surface area (Å²) in [5.74, 6) is 0.488. The average molecular weight is 353 g/mol. The first kappa shape index (κ1) is 17.3. The molecule has 0 fully saturated rings. The maximum Gasteiger partial charge on any atom is 0.0738 e. The van der Waals surface area contributed by atoms with Crippen LogP contribution in [0, 0.1) is 0 Å². The first-order chi connectivity index (χ1) is 11.2. The topological polar surface area (TPSA) is 25.8 Å². The molecule has 0 amide bonds. The van der Waals surface area contributed by atoms with Gasteiger partial charge in [0, 0.05) is 24.0 Å². The molecule has 0 N–H and O–H groups in total. The molecule has 2 heterocycles. The van der Waals surface area contributed by atoms with Crippen molar-refractivity contribution in [3.05, 3.63) is 65.4 Å². The highest BCUT2D eigenvalue weighted by atomic mass is 28.3. The van der Waals surface area contributed by atoms with Crippen LogP contribution in [0.25, 0.3) is 5.57 Å². The lowest BCUT2D eigenvalue weighted by Crippen LogP contribution is -2.47. The number of aromatic nitrogens is 2. The van der Waals surface area contributed by atoms with E-state index < -0.39 is 16.1 Å². The van der Waals surface area contributed by atoms with E-state index in [0.717, 1.165) is 0 Å². The highest BCUT2D eigenvalue weighted by molar-refractivity contribution is 6.87. The minimum Gasteiger partial charge on any atom is -0.261 e. The summed E-state index contributed by atoms with van der Waals surface area (Å²) in [5, 5.41) is 1.66. The molecule has 2 aromatic heterocycles. The number of rotatable bonds is 4. The van der Waals surface area contributed by atoms with E-state index in [-0.39, 0.29) is 0 Å². The third-order valence-electron chi connectivity index (χ3n) is 4.93. The summed E-state index contributed by atoms with van der Waals surface area (Å²) in [7, 11) is -2.87. The van der Waals surface area contributed by atoms with Crippen molar-refractivity contribution in [3.8, 4) is 0 Å². The maximum absolute atomic E-state index is 4.75. The second-order valence-corrected chi connectivity index (χ2v) is 19.3. The van der Waals surface area contributed by atoms with Gasteiger partial charge in [-0.1, -0.05) is 56.6 Å². The molecule has 126 valence electrons.